The minimum absolute atomic E-state index is 0.717. The number of methoxy groups -OCH3 is 1. The van der Waals surface area contributed by atoms with Crippen molar-refractivity contribution < 1.29 is 4.74 Å². The first-order valence-corrected chi connectivity index (χ1v) is 4.46. The molecule has 0 spiro atoms. The molecule has 1 aliphatic rings. The van der Waals surface area contributed by atoms with Crippen LogP contribution in [0.5, 0.6) is 5.88 Å². The molecule has 2 rings (SSSR count). The molecule has 0 fully saturated rings. The van der Waals surface area contributed by atoms with Crippen LogP contribution in [0.2, 0.25) is 0 Å². The summed E-state index contributed by atoms with van der Waals surface area (Å²) in [5, 5.41) is 3.25. The Balaban J connectivity index is 2.50. The van der Waals surface area contributed by atoms with Gasteiger partial charge in [0.25, 0.3) is 0 Å². The van der Waals surface area contributed by atoms with Gasteiger partial charge in [0, 0.05) is 6.54 Å². The van der Waals surface area contributed by atoms with E-state index in [1.165, 1.54) is 0 Å². The molecule has 1 N–H and O–H groups in total. The summed E-state index contributed by atoms with van der Waals surface area (Å²) in [6.45, 7) is 2.87. The van der Waals surface area contributed by atoms with Crippen molar-refractivity contribution in [1.82, 2.24) is 9.97 Å². The normalized spacial score (nSPS) is 14.6. The number of hydrogen-bond acceptors (Lipinski definition) is 4. The Bertz CT molecular complexity index is 308. The number of nitrogens with zero attached hydrogens (tertiary/aromatic N) is 2. The largest absolute Gasteiger partial charge is 0.481 e. The number of aryl methyl sites for hydroxylation is 1. The molecule has 0 atom stereocenters. The maximum absolute atomic E-state index is 5.20. The lowest BCUT2D eigenvalue weighted by atomic mass is 10.1. The molecule has 70 valence electrons. The minimum atomic E-state index is 0.717. The van der Waals surface area contributed by atoms with Gasteiger partial charge in [-0.15, -0.1) is 0 Å². The van der Waals surface area contributed by atoms with Gasteiger partial charge in [0.05, 0.1) is 12.7 Å². The van der Waals surface area contributed by atoms with Gasteiger partial charge in [0.1, 0.15) is 11.6 Å². The SMILES string of the molecule is COc1nc(C)nc2c1CCCN2. The van der Waals surface area contributed by atoms with Crippen molar-refractivity contribution in [3.05, 3.63) is 11.4 Å². The summed E-state index contributed by atoms with van der Waals surface area (Å²) < 4.78 is 5.20. The summed E-state index contributed by atoms with van der Waals surface area (Å²) >= 11 is 0. The molecule has 4 nitrogen and oxygen atoms in total. The van der Waals surface area contributed by atoms with E-state index in [0.717, 1.165) is 42.5 Å². The van der Waals surface area contributed by atoms with Gasteiger partial charge in [-0.05, 0) is 19.8 Å². The molecule has 0 saturated carbocycles. The molecule has 1 aromatic heterocycles. The fraction of sp³-hybridized carbons (Fsp3) is 0.556. The van der Waals surface area contributed by atoms with Crippen molar-refractivity contribution in [3.8, 4) is 5.88 Å². The fourth-order valence-electron chi connectivity index (χ4n) is 1.58. The first-order chi connectivity index (χ1) is 6.31. The van der Waals surface area contributed by atoms with Crippen LogP contribution in [0.1, 0.15) is 17.8 Å². The third-order valence-corrected chi connectivity index (χ3v) is 2.17. The summed E-state index contributed by atoms with van der Waals surface area (Å²) in [5.74, 6) is 2.41. The van der Waals surface area contributed by atoms with E-state index in [1.807, 2.05) is 6.92 Å². The maximum atomic E-state index is 5.20. The molecule has 0 aromatic carbocycles. The molecule has 1 aliphatic heterocycles. The highest BCUT2D eigenvalue weighted by Crippen LogP contribution is 2.26. The Morgan fingerprint density at radius 1 is 1.38 bits per heavy atom. The summed E-state index contributed by atoms with van der Waals surface area (Å²) in [5.41, 5.74) is 1.11. The second-order valence-corrected chi connectivity index (χ2v) is 3.14. The van der Waals surface area contributed by atoms with Gasteiger partial charge in [-0.2, -0.15) is 4.98 Å². The fourth-order valence-corrected chi connectivity index (χ4v) is 1.58. The molecular formula is C9H13N3O. The average molecular weight is 179 g/mol. The molecule has 0 aliphatic carbocycles. The molecule has 0 saturated heterocycles. The van der Waals surface area contributed by atoms with Crippen molar-refractivity contribution in [1.29, 1.82) is 0 Å². The predicted molar refractivity (Wildman–Crippen MR) is 50.1 cm³/mol. The lowest BCUT2D eigenvalue weighted by Gasteiger charge is -2.18. The quantitative estimate of drug-likeness (QED) is 0.702. The van der Waals surface area contributed by atoms with Crippen LogP contribution in [0.3, 0.4) is 0 Å². The van der Waals surface area contributed by atoms with E-state index in [-0.39, 0.29) is 0 Å². The van der Waals surface area contributed by atoms with Crippen LogP contribution in [0.15, 0.2) is 0 Å². The molecular weight excluding hydrogens is 166 g/mol. The van der Waals surface area contributed by atoms with Gasteiger partial charge in [0.2, 0.25) is 5.88 Å². The Kier molecular flexibility index (Phi) is 2.04. The molecule has 0 unspecified atom stereocenters. The first kappa shape index (κ1) is 8.29. The zero-order valence-corrected chi connectivity index (χ0v) is 7.92. The number of fused-ring (bicyclic) bond motifs is 1. The van der Waals surface area contributed by atoms with Crippen LogP contribution in [0.25, 0.3) is 0 Å². The lowest BCUT2D eigenvalue weighted by molar-refractivity contribution is 0.389. The molecule has 0 amide bonds. The lowest BCUT2D eigenvalue weighted by Crippen LogP contribution is -2.15. The maximum Gasteiger partial charge on any atom is 0.221 e. The van der Waals surface area contributed by atoms with Gasteiger partial charge in [-0.25, -0.2) is 4.98 Å². The Morgan fingerprint density at radius 2 is 2.23 bits per heavy atom. The summed E-state index contributed by atoms with van der Waals surface area (Å²) in [7, 11) is 1.65. The van der Waals surface area contributed by atoms with Crippen LogP contribution in [-0.4, -0.2) is 23.6 Å². The molecule has 2 heterocycles. The third-order valence-electron chi connectivity index (χ3n) is 2.17. The molecule has 4 heteroatoms. The van der Waals surface area contributed by atoms with E-state index in [1.54, 1.807) is 7.11 Å². The minimum Gasteiger partial charge on any atom is -0.481 e. The number of anilines is 1. The number of nitrogens with one attached hydrogen (secondary N) is 1. The van der Waals surface area contributed by atoms with E-state index in [4.69, 9.17) is 4.74 Å². The number of rotatable bonds is 1. The first-order valence-electron chi connectivity index (χ1n) is 4.46. The highest BCUT2D eigenvalue weighted by Gasteiger charge is 2.16. The van der Waals surface area contributed by atoms with E-state index in [9.17, 15) is 0 Å². The van der Waals surface area contributed by atoms with Crippen LogP contribution >= 0.6 is 0 Å². The van der Waals surface area contributed by atoms with E-state index >= 15 is 0 Å². The van der Waals surface area contributed by atoms with E-state index in [0.29, 0.717) is 0 Å². The number of hydrogen-bond donors (Lipinski definition) is 1. The van der Waals surface area contributed by atoms with Gasteiger partial charge < -0.3 is 10.1 Å². The van der Waals surface area contributed by atoms with Crippen molar-refractivity contribution >= 4 is 5.82 Å². The third kappa shape index (κ3) is 1.43. The molecule has 1 aromatic rings. The summed E-state index contributed by atoms with van der Waals surface area (Å²) in [4.78, 5) is 8.55. The van der Waals surface area contributed by atoms with Crippen LogP contribution in [-0.2, 0) is 6.42 Å². The highest BCUT2D eigenvalue weighted by molar-refractivity contribution is 5.51. The molecule has 13 heavy (non-hydrogen) atoms. The predicted octanol–water partition coefficient (Wildman–Crippen LogP) is 1.15. The second-order valence-electron chi connectivity index (χ2n) is 3.14. The highest BCUT2D eigenvalue weighted by atomic mass is 16.5. The van der Waals surface area contributed by atoms with Gasteiger partial charge in [0.15, 0.2) is 0 Å². The topological polar surface area (TPSA) is 47.0 Å². The monoisotopic (exact) mass is 179 g/mol. The van der Waals surface area contributed by atoms with Crippen molar-refractivity contribution in [3.63, 3.8) is 0 Å². The van der Waals surface area contributed by atoms with E-state index < -0.39 is 0 Å². The smallest absolute Gasteiger partial charge is 0.221 e. The van der Waals surface area contributed by atoms with E-state index in [2.05, 4.69) is 15.3 Å². The molecule has 0 bridgehead atoms. The van der Waals surface area contributed by atoms with Gasteiger partial charge in [-0.3, -0.25) is 0 Å². The Hall–Kier alpha value is -1.32. The Morgan fingerprint density at radius 3 is 3.00 bits per heavy atom. The average Bonchev–Trinajstić information content (AvgIpc) is 2.16. The standard InChI is InChI=1S/C9H13N3O/c1-6-11-8-7(4-3-5-10-8)9(12-6)13-2/h3-5H2,1-2H3,(H,10,11,12). The van der Waals surface area contributed by atoms with Crippen LogP contribution in [0.4, 0.5) is 5.82 Å². The van der Waals surface area contributed by atoms with Crippen molar-refractivity contribution in [2.75, 3.05) is 19.0 Å². The van der Waals surface area contributed by atoms with Gasteiger partial charge in [-0.1, -0.05) is 0 Å². The zero-order valence-electron chi connectivity index (χ0n) is 7.92. The van der Waals surface area contributed by atoms with Crippen LogP contribution < -0.4 is 10.1 Å². The van der Waals surface area contributed by atoms with Crippen molar-refractivity contribution in [2.24, 2.45) is 0 Å². The van der Waals surface area contributed by atoms with Crippen molar-refractivity contribution in [2.45, 2.75) is 19.8 Å². The Labute approximate surface area is 77.4 Å². The molecule has 0 radical (unpaired) electrons. The summed E-state index contributed by atoms with van der Waals surface area (Å²) in [6.07, 6.45) is 2.13. The van der Waals surface area contributed by atoms with Crippen LogP contribution in [0, 0.1) is 6.92 Å². The second kappa shape index (κ2) is 3.20. The number of ether oxygens (including phenoxy) is 1. The summed E-state index contributed by atoms with van der Waals surface area (Å²) in [6, 6.07) is 0. The van der Waals surface area contributed by atoms with Gasteiger partial charge >= 0.3 is 0 Å². The zero-order chi connectivity index (χ0) is 9.26. The number of aromatic nitrogens is 2.